The quantitative estimate of drug-likeness (QED) is 0.611. The Morgan fingerprint density at radius 1 is 1.50 bits per heavy atom. The van der Waals surface area contributed by atoms with Crippen LogP contribution in [0.5, 0.6) is 0 Å². The molecule has 0 atom stereocenters. The smallest absolute Gasteiger partial charge is 0.0599 e. The Morgan fingerprint density at radius 2 is 2.25 bits per heavy atom. The summed E-state index contributed by atoms with van der Waals surface area (Å²) in [7, 11) is 0. The molecule has 0 radical (unpaired) electrons. The minimum Gasteiger partial charge on any atom is -0.241 e. The lowest BCUT2D eigenvalue weighted by atomic mass is 10.4. The Kier molecular flexibility index (Phi) is 2.86. The van der Waals surface area contributed by atoms with E-state index in [1.54, 1.807) is 0 Å². The molecule has 0 aliphatic rings. The van der Waals surface area contributed by atoms with Gasteiger partial charge in [-0.05, 0) is 32.9 Å². The monoisotopic (exact) mass is 162 g/mol. The van der Waals surface area contributed by atoms with E-state index in [0.717, 1.165) is 11.4 Å². The van der Waals surface area contributed by atoms with Crippen LogP contribution in [0.15, 0.2) is 30.5 Å². The van der Waals surface area contributed by atoms with Crippen molar-refractivity contribution in [1.82, 2.24) is 9.78 Å². The van der Waals surface area contributed by atoms with Crippen molar-refractivity contribution in [3.8, 4) is 0 Å². The van der Waals surface area contributed by atoms with E-state index in [1.807, 2.05) is 55.9 Å². The van der Waals surface area contributed by atoms with Gasteiger partial charge < -0.3 is 0 Å². The lowest BCUT2D eigenvalue weighted by Crippen LogP contribution is -1.94. The van der Waals surface area contributed by atoms with Gasteiger partial charge in [0.2, 0.25) is 0 Å². The summed E-state index contributed by atoms with van der Waals surface area (Å²) in [4.78, 5) is 0. The maximum atomic E-state index is 4.30. The second-order valence-electron chi connectivity index (χ2n) is 2.62. The van der Waals surface area contributed by atoms with Crippen LogP contribution in [0.3, 0.4) is 0 Å². The van der Waals surface area contributed by atoms with E-state index in [2.05, 4.69) is 5.10 Å². The molecule has 1 aromatic rings. The summed E-state index contributed by atoms with van der Waals surface area (Å²) in [6, 6.07) is 1.99. The van der Waals surface area contributed by atoms with E-state index in [-0.39, 0.29) is 0 Å². The van der Waals surface area contributed by atoms with Gasteiger partial charge in [0.1, 0.15) is 0 Å². The fourth-order valence-corrected chi connectivity index (χ4v) is 1.03. The lowest BCUT2D eigenvalue weighted by molar-refractivity contribution is 0.888. The summed E-state index contributed by atoms with van der Waals surface area (Å²) in [6.45, 7) is 5.99. The van der Waals surface area contributed by atoms with Gasteiger partial charge >= 0.3 is 0 Å². The zero-order valence-corrected chi connectivity index (χ0v) is 7.78. The van der Waals surface area contributed by atoms with Crippen LogP contribution in [-0.2, 0) is 0 Å². The van der Waals surface area contributed by atoms with Gasteiger partial charge in [0.15, 0.2) is 0 Å². The maximum absolute atomic E-state index is 4.30. The molecule has 0 N–H and O–H groups in total. The number of aryl methyl sites for hydroxylation is 1. The zero-order valence-electron chi connectivity index (χ0n) is 7.78. The third-order valence-electron chi connectivity index (χ3n) is 1.62. The van der Waals surface area contributed by atoms with Crippen molar-refractivity contribution in [2.24, 2.45) is 0 Å². The van der Waals surface area contributed by atoms with E-state index >= 15 is 0 Å². The number of hydrogen-bond donors (Lipinski definition) is 0. The van der Waals surface area contributed by atoms with E-state index in [9.17, 15) is 0 Å². The second-order valence-corrected chi connectivity index (χ2v) is 2.62. The van der Waals surface area contributed by atoms with Gasteiger partial charge in [0.25, 0.3) is 0 Å². The fraction of sp³-hybridized carbons (Fsp3) is 0.300. The molecule has 0 spiro atoms. The topological polar surface area (TPSA) is 17.8 Å². The van der Waals surface area contributed by atoms with Crippen LogP contribution in [0.25, 0.3) is 5.70 Å². The first-order valence-electron chi connectivity index (χ1n) is 4.09. The lowest BCUT2D eigenvalue weighted by Gasteiger charge is -1.99. The molecule has 1 heterocycles. The molecule has 0 aliphatic carbocycles. The first-order valence-corrected chi connectivity index (χ1v) is 4.09. The molecule has 0 unspecified atom stereocenters. The van der Waals surface area contributed by atoms with Crippen molar-refractivity contribution in [2.45, 2.75) is 20.8 Å². The largest absolute Gasteiger partial charge is 0.241 e. The number of hydrogen-bond acceptors (Lipinski definition) is 1. The number of allylic oxidation sites excluding steroid dienone is 4. The van der Waals surface area contributed by atoms with Gasteiger partial charge in [0, 0.05) is 6.20 Å². The summed E-state index contributed by atoms with van der Waals surface area (Å²) in [5.41, 5.74) is 2.14. The Labute approximate surface area is 73.2 Å². The van der Waals surface area contributed by atoms with Crippen molar-refractivity contribution in [3.63, 3.8) is 0 Å². The molecule has 0 fully saturated rings. The van der Waals surface area contributed by atoms with Crippen LogP contribution < -0.4 is 0 Å². The van der Waals surface area contributed by atoms with Crippen molar-refractivity contribution in [2.75, 3.05) is 0 Å². The van der Waals surface area contributed by atoms with E-state index in [1.165, 1.54) is 0 Å². The SMILES string of the molecule is C/C=C\C(=C/C)n1ccc(C)n1. The van der Waals surface area contributed by atoms with Crippen LogP contribution in [0.1, 0.15) is 19.5 Å². The summed E-state index contributed by atoms with van der Waals surface area (Å²) in [5, 5.41) is 4.30. The first kappa shape index (κ1) is 8.78. The third kappa shape index (κ3) is 1.84. The summed E-state index contributed by atoms with van der Waals surface area (Å²) in [5.74, 6) is 0. The molecule has 0 saturated carbocycles. The molecule has 0 bridgehead atoms. The Bertz CT molecular complexity index is 305. The van der Waals surface area contributed by atoms with Crippen molar-refractivity contribution in [1.29, 1.82) is 0 Å². The molecule has 0 amide bonds. The highest BCUT2D eigenvalue weighted by Crippen LogP contribution is 2.05. The minimum atomic E-state index is 1.04. The maximum Gasteiger partial charge on any atom is 0.0599 e. The standard InChI is InChI=1S/C10H14N2/c1-4-6-10(5-2)12-8-7-9(3)11-12/h4-8H,1-3H3/b6-4-,10-5+. The van der Waals surface area contributed by atoms with Crippen molar-refractivity contribution < 1.29 is 0 Å². The molecule has 1 aromatic heterocycles. The van der Waals surface area contributed by atoms with Gasteiger partial charge in [-0.2, -0.15) is 5.10 Å². The van der Waals surface area contributed by atoms with Crippen molar-refractivity contribution in [3.05, 3.63) is 36.2 Å². The molecule has 0 saturated heterocycles. The van der Waals surface area contributed by atoms with Crippen LogP contribution in [0.2, 0.25) is 0 Å². The summed E-state index contributed by atoms with van der Waals surface area (Å²) >= 11 is 0. The predicted molar refractivity (Wildman–Crippen MR) is 51.7 cm³/mol. The van der Waals surface area contributed by atoms with Crippen LogP contribution in [0, 0.1) is 6.92 Å². The highest BCUT2D eigenvalue weighted by molar-refractivity contribution is 5.55. The highest BCUT2D eigenvalue weighted by atomic mass is 15.3. The van der Waals surface area contributed by atoms with Gasteiger partial charge in [-0.1, -0.05) is 12.2 Å². The van der Waals surface area contributed by atoms with Gasteiger partial charge in [-0.15, -0.1) is 0 Å². The molecule has 1 rings (SSSR count). The van der Waals surface area contributed by atoms with Crippen LogP contribution >= 0.6 is 0 Å². The highest BCUT2D eigenvalue weighted by Gasteiger charge is 1.95. The zero-order chi connectivity index (χ0) is 8.97. The molecule has 64 valence electrons. The molecular weight excluding hydrogens is 148 g/mol. The second kappa shape index (κ2) is 3.90. The average Bonchev–Trinajstić information content (AvgIpc) is 2.47. The molecular formula is C10H14N2. The van der Waals surface area contributed by atoms with E-state index in [0.29, 0.717) is 0 Å². The number of nitrogens with zero attached hydrogens (tertiary/aromatic N) is 2. The first-order chi connectivity index (χ1) is 5.77. The third-order valence-corrected chi connectivity index (χ3v) is 1.62. The summed E-state index contributed by atoms with van der Waals surface area (Å²) in [6.07, 6.45) is 8.04. The van der Waals surface area contributed by atoms with Gasteiger partial charge in [-0.3, -0.25) is 0 Å². The molecule has 0 aliphatic heterocycles. The normalized spacial score (nSPS) is 12.8. The average molecular weight is 162 g/mol. The van der Waals surface area contributed by atoms with Crippen molar-refractivity contribution >= 4 is 5.70 Å². The van der Waals surface area contributed by atoms with E-state index < -0.39 is 0 Å². The minimum absolute atomic E-state index is 1.04. The molecule has 2 heteroatoms. The number of aromatic nitrogens is 2. The Morgan fingerprint density at radius 3 is 2.67 bits per heavy atom. The number of rotatable bonds is 2. The fourth-order valence-electron chi connectivity index (χ4n) is 1.03. The van der Waals surface area contributed by atoms with Gasteiger partial charge in [0.05, 0.1) is 11.4 Å². The van der Waals surface area contributed by atoms with E-state index in [4.69, 9.17) is 0 Å². The Balaban J connectivity index is 2.96. The van der Waals surface area contributed by atoms with Crippen LogP contribution in [0.4, 0.5) is 0 Å². The van der Waals surface area contributed by atoms with Gasteiger partial charge in [-0.25, -0.2) is 4.68 Å². The predicted octanol–water partition coefficient (Wildman–Crippen LogP) is 2.63. The molecule has 0 aromatic carbocycles. The molecule has 2 nitrogen and oxygen atoms in total. The van der Waals surface area contributed by atoms with Crippen LogP contribution in [-0.4, -0.2) is 9.78 Å². The summed E-state index contributed by atoms with van der Waals surface area (Å²) < 4.78 is 1.87. The Hall–Kier alpha value is -1.31. The molecule has 12 heavy (non-hydrogen) atoms.